The molecular weight excluding hydrogens is 318 g/mol. The van der Waals surface area contributed by atoms with E-state index in [0.29, 0.717) is 5.69 Å². The van der Waals surface area contributed by atoms with Crippen LogP contribution >= 0.6 is 15.9 Å². The van der Waals surface area contributed by atoms with Crippen molar-refractivity contribution in [1.29, 1.82) is 0 Å². The van der Waals surface area contributed by atoms with Crippen molar-refractivity contribution >= 4 is 37.4 Å². The lowest BCUT2D eigenvalue weighted by atomic mass is 10.2. The van der Waals surface area contributed by atoms with Crippen LogP contribution in [0, 0.1) is 6.92 Å². The second-order valence-corrected chi connectivity index (χ2v) is 6.84. The van der Waals surface area contributed by atoms with E-state index in [1.807, 2.05) is 19.1 Å². The molecule has 18 heavy (non-hydrogen) atoms. The summed E-state index contributed by atoms with van der Waals surface area (Å²) in [6.07, 6.45) is 1.27. The molecule has 1 N–H and O–H groups in total. The maximum Gasteiger partial charge on any atom is 0.239 e. The molecule has 4 nitrogen and oxygen atoms in total. The van der Waals surface area contributed by atoms with Gasteiger partial charge in [0.2, 0.25) is 5.91 Å². The van der Waals surface area contributed by atoms with Crippen LogP contribution in [0.2, 0.25) is 0 Å². The molecule has 0 bridgehead atoms. The topological polar surface area (TPSA) is 63.2 Å². The molecular formula is C12H14BrNO3S. The predicted molar refractivity (Wildman–Crippen MR) is 76.4 cm³/mol. The largest absolute Gasteiger partial charge is 0.324 e. The molecule has 0 unspecified atom stereocenters. The van der Waals surface area contributed by atoms with E-state index in [-0.39, 0.29) is 5.75 Å². The third-order valence-corrected chi connectivity index (χ3v) is 4.22. The molecule has 1 aromatic carbocycles. The minimum atomic E-state index is -3.42. The van der Waals surface area contributed by atoms with Crippen LogP contribution in [0.3, 0.4) is 0 Å². The van der Waals surface area contributed by atoms with Crippen molar-refractivity contribution in [2.24, 2.45) is 0 Å². The molecule has 0 aliphatic rings. The highest BCUT2D eigenvalue weighted by molar-refractivity contribution is 9.10. The minimum Gasteiger partial charge on any atom is -0.324 e. The van der Waals surface area contributed by atoms with Crippen molar-refractivity contribution in [2.45, 2.75) is 6.92 Å². The van der Waals surface area contributed by atoms with E-state index in [2.05, 4.69) is 27.8 Å². The Morgan fingerprint density at radius 1 is 1.50 bits per heavy atom. The van der Waals surface area contributed by atoms with Gasteiger partial charge in [0.05, 0.1) is 11.4 Å². The first-order chi connectivity index (χ1) is 8.34. The Balaban J connectivity index is 2.74. The van der Waals surface area contributed by atoms with E-state index in [1.54, 1.807) is 6.07 Å². The van der Waals surface area contributed by atoms with Gasteiger partial charge in [0.25, 0.3) is 0 Å². The molecule has 1 aromatic rings. The van der Waals surface area contributed by atoms with Crippen LogP contribution in [0.5, 0.6) is 0 Å². The maximum atomic E-state index is 11.6. The van der Waals surface area contributed by atoms with Gasteiger partial charge < -0.3 is 5.32 Å². The van der Waals surface area contributed by atoms with E-state index < -0.39 is 21.5 Å². The summed E-state index contributed by atoms with van der Waals surface area (Å²) in [6, 6.07) is 5.39. The standard InChI is InChI=1S/C12H14BrNO3S/c1-3-6-18(16,17)8-12(15)14-11-5-4-9(2)7-10(11)13/h3-5,7H,1,6,8H2,2H3,(H,14,15). The molecule has 0 aromatic heterocycles. The fourth-order valence-electron chi connectivity index (χ4n) is 1.35. The third kappa shape index (κ3) is 4.62. The normalized spacial score (nSPS) is 11.0. The van der Waals surface area contributed by atoms with Gasteiger partial charge in [0.1, 0.15) is 5.75 Å². The molecule has 0 atom stereocenters. The van der Waals surface area contributed by atoms with E-state index in [9.17, 15) is 13.2 Å². The van der Waals surface area contributed by atoms with E-state index in [1.165, 1.54) is 6.08 Å². The number of nitrogens with one attached hydrogen (secondary N) is 1. The number of halogens is 1. The first kappa shape index (κ1) is 14.9. The minimum absolute atomic E-state index is 0.199. The van der Waals surface area contributed by atoms with Crippen molar-refractivity contribution < 1.29 is 13.2 Å². The fourth-order valence-corrected chi connectivity index (χ4v) is 2.89. The lowest BCUT2D eigenvalue weighted by Crippen LogP contribution is -2.24. The smallest absolute Gasteiger partial charge is 0.239 e. The van der Waals surface area contributed by atoms with Gasteiger partial charge >= 0.3 is 0 Å². The average Bonchev–Trinajstić information content (AvgIpc) is 2.21. The Hall–Kier alpha value is -1.14. The molecule has 98 valence electrons. The second kappa shape index (κ2) is 6.15. The summed E-state index contributed by atoms with van der Waals surface area (Å²) in [5.41, 5.74) is 1.60. The Labute approximate surface area is 115 Å². The predicted octanol–water partition coefficient (Wildman–Crippen LogP) is 2.30. The van der Waals surface area contributed by atoms with Crippen LogP contribution in [0.4, 0.5) is 5.69 Å². The van der Waals surface area contributed by atoms with Crippen LogP contribution in [-0.2, 0) is 14.6 Å². The summed E-state index contributed by atoms with van der Waals surface area (Å²) < 4.78 is 23.6. The van der Waals surface area contributed by atoms with Gasteiger partial charge in [-0.15, -0.1) is 6.58 Å². The highest BCUT2D eigenvalue weighted by atomic mass is 79.9. The first-order valence-corrected chi connectivity index (χ1v) is 7.83. The molecule has 0 fully saturated rings. The molecule has 0 spiro atoms. The monoisotopic (exact) mass is 331 g/mol. The van der Waals surface area contributed by atoms with Crippen molar-refractivity contribution in [3.8, 4) is 0 Å². The molecule has 0 saturated heterocycles. The maximum absolute atomic E-state index is 11.6. The van der Waals surface area contributed by atoms with Crippen molar-refractivity contribution in [2.75, 3.05) is 16.8 Å². The van der Waals surface area contributed by atoms with Gasteiger partial charge in [-0.25, -0.2) is 8.42 Å². The van der Waals surface area contributed by atoms with E-state index >= 15 is 0 Å². The number of benzene rings is 1. The molecule has 1 amide bonds. The van der Waals surface area contributed by atoms with Gasteiger partial charge in [-0.2, -0.15) is 0 Å². The summed E-state index contributed by atoms with van der Waals surface area (Å²) in [5, 5.41) is 2.55. The Kier molecular flexibility index (Phi) is 5.10. The Morgan fingerprint density at radius 2 is 2.17 bits per heavy atom. The highest BCUT2D eigenvalue weighted by Crippen LogP contribution is 2.23. The van der Waals surface area contributed by atoms with Crippen LogP contribution in [0.25, 0.3) is 0 Å². The zero-order valence-electron chi connectivity index (χ0n) is 9.94. The number of hydrogen-bond acceptors (Lipinski definition) is 3. The van der Waals surface area contributed by atoms with Crippen LogP contribution in [-0.4, -0.2) is 25.8 Å². The van der Waals surface area contributed by atoms with Crippen molar-refractivity contribution in [3.05, 3.63) is 40.9 Å². The summed E-state index contributed by atoms with van der Waals surface area (Å²) in [5.74, 6) is -1.30. The summed E-state index contributed by atoms with van der Waals surface area (Å²) in [6.45, 7) is 5.26. The zero-order chi connectivity index (χ0) is 13.8. The van der Waals surface area contributed by atoms with Crippen molar-refractivity contribution in [3.63, 3.8) is 0 Å². The lowest BCUT2D eigenvalue weighted by Gasteiger charge is -2.08. The zero-order valence-corrected chi connectivity index (χ0v) is 12.3. The van der Waals surface area contributed by atoms with Gasteiger partial charge in [0, 0.05) is 4.47 Å². The van der Waals surface area contributed by atoms with Gasteiger partial charge in [-0.3, -0.25) is 4.79 Å². The molecule has 1 rings (SSSR count). The number of sulfone groups is 1. The third-order valence-electron chi connectivity index (χ3n) is 2.12. The summed E-state index contributed by atoms with van der Waals surface area (Å²) in [4.78, 5) is 11.6. The second-order valence-electron chi connectivity index (χ2n) is 3.87. The van der Waals surface area contributed by atoms with Crippen molar-refractivity contribution in [1.82, 2.24) is 0 Å². The number of rotatable bonds is 5. The quantitative estimate of drug-likeness (QED) is 0.842. The van der Waals surface area contributed by atoms with Crippen LogP contribution in [0.1, 0.15) is 5.56 Å². The Bertz CT molecular complexity index is 567. The van der Waals surface area contributed by atoms with E-state index in [0.717, 1.165) is 10.0 Å². The molecule has 0 saturated carbocycles. The van der Waals surface area contributed by atoms with Gasteiger partial charge in [-0.05, 0) is 40.5 Å². The SMILES string of the molecule is C=CCS(=O)(=O)CC(=O)Nc1ccc(C)cc1Br. The number of hydrogen-bond donors (Lipinski definition) is 1. The molecule has 0 heterocycles. The molecule has 0 radical (unpaired) electrons. The number of carbonyl (C=O) groups is 1. The molecule has 0 aliphatic carbocycles. The van der Waals surface area contributed by atoms with Gasteiger partial charge in [-0.1, -0.05) is 12.1 Å². The number of carbonyl (C=O) groups excluding carboxylic acids is 1. The van der Waals surface area contributed by atoms with E-state index in [4.69, 9.17) is 0 Å². The average molecular weight is 332 g/mol. The van der Waals surface area contributed by atoms with Gasteiger partial charge in [0.15, 0.2) is 9.84 Å². The fraction of sp³-hybridized carbons (Fsp3) is 0.250. The molecule has 6 heteroatoms. The summed E-state index contributed by atoms with van der Waals surface area (Å²) in [7, 11) is -3.42. The van der Waals surface area contributed by atoms with Crippen LogP contribution in [0.15, 0.2) is 35.3 Å². The Morgan fingerprint density at radius 3 is 2.72 bits per heavy atom. The summed E-state index contributed by atoms with van der Waals surface area (Å²) >= 11 is 3.31. The lowest BCUT2D eigenvalue weighted by molar-refractivity contribution is -0.113. The van der Waals surface area contributed by atoms with Crippen LogP contribution < -0.4 is 5.32 Å². The highest BCUT2D eigenvalue weighted by Gasteiger charge is 2.15. The number of amides is 1. The number of aryl methyl sites for hydroxylation is 1. The first-order valence-electron chi connectivity index (χ1n) is 5.21. The number of anilines is 1. The molecule has 0 aliphatic heterocycles.